The molecule has 0 atom stereocenters. The van der Waals surface area contributed by atoms with E-state index in [-0.39, 0.29) is 0 Å². The number of nitrogens with zero attached hydrogens (tertiary/aromatic N) is 4. The van der Waals surface area contributed by atoms with Crippen molar-refractivity contribution in [2.75, 3.05) is 67.1 Å². The smallest absolute Gasteiger partial charge is 0.194 e. The van der Waals surface area contributed by atoms with Crippen molar-refractivity contribution in [3.05, 3.63) is 54.1 Å². The fourth-order valence-electron chi connectivity index (χ4n) is 4.12. The number of hydrogen-bond acceptors (Lipinski definition) is 5. The minimum absolute atomic E-state index is 0.350. The fourth-order valence-corrected chi connectivity index (χ4v) is 5.02. The molecule has 0 spiro atoms. The molecular formula is C24H33N5OS. The summed E-state index contributed by atoms with van der Waals surface area (Å²) < 4.78 is 0. The zero-order valence-corrected chi connectivity index (χ0v) is 19.2. The average Bonchev–Trinajstić information content (AvgIpc) is 2.83. The van der Waals surface area contributed by atoms with Gasteiger partial charge in [-0.2, -0.15) is 11.8 Å². The van der Waals surface area contributed by atoms with Crippen molar-refractivity contribution in [3.63, 3.8) is 0 Å². The second kappa shape index (κ2) is 10.7. The summed E-state index contributed by atoms with van der Waals surface area (Å²) >= 11 is 2.04. The number of para-hydroxylation sites is 2. The average molecular weight is 440 g/mol. The van der Waals surface area contributed by atoms with E-state index in [2.05, 4.69) is 51.2 Å². The zero-order chi connectivity index (χ0) is 21.5. The number of anilines is 2. The van der Waals surface area contributed by atoms with Gasteiger partial charge in [0, 0.05) is 63.0 Å². The molecule has 0 bridgehead atoms. The molecule has 0 unspecified atom stereocenters. The highest BCUT2D eigenvalue weighted by Crippen LogP contribution is 2.27. The van der Waals surface area contributed by atoms with E-state index in [1.165, 1.54) is 22.8 Å². The zero-order valence-electron chi connectivity index (χ0n) is 18.3. The maximum Gasteiger partial charge on any atom is 0.194 e. The van der Waals surface area contributed by atoms with Crippen molar-refractivity contribution in [2.24, 2.45) is 4.99 Å². The molecule has 0 amide bonds. The second-order valence-electron chi connectivity index (χ2n) is 7.90. The lowest BCUT2D eigenvalue weighted by Gasteiger charge is -2.37. The highest BCUT2D eigenvalue weighted by atomic mass is 32.2. The van der Waals surface area contributed by atoms with E-state index < -0.39 is 0 Å². The standard InChI is InChI=1S/C24H33N5OS/c1-2-25-24(29-13-11-28(12-14-29)22-5-3-4-6-23(22)30)26-19-20-7-9-21(10-8-20)27-15-17-31-18-16-27/h3-10,30H,2,11-19H2,1H3,(H,25,26). The normalized spacial score (nSPS) is 17.7. The van der Waals surface area contributed by atoms with Crippen LogP contribution in [0.2, 0.25) is 0 Å². The van der Waals surface area contributed by atoms with Gasteiger partial charge in [-0.05, 0) is 36.8 Å². The first kappa shape index (κ1) is 21.7. The molecule has 0 radical (unpaired) electrons. The van der Waals surface area contributed by atoms with Gasteiger partial charge in [-0.15, -0.1) is 0 Å². The molecule has 7 heteroatoms. The molecule has 2 aliphatic heterocycles. The number of guanidine groups is 1. The van der Waals surface area contributed by atoms with Crippen molar-refractivity contribution in [2.45, 2.75) is 13.5 Å². The Morgan fingerprint density at radius 2 is 1.65 bits per heavy atom. The molecular weight excluding hydrogens is 406 g/mol. The number of benzene rings is 2. The predicted molar refractivity (Wildman–Crippen MR) is 133 cm³/mol. The lowest BCUT2D eigenvalue weighted by Crippen LogP contribution is -2.52. The van der Waals surface area contributed by atoms with E-state index in [1.54, 1.807) is 6.07 Å². The van der Waals surface area contributed by atoms with E-state index in [1.807, 2.05) is 30.0 Å². The number of phenols is 1. The molecule has 2 saturated heterocycles. The van der Waals surface area contributed by atoms with E-state index >= 15 is 0 Å². The van der Waals surface area contributed by atoms with Crippen LogP contribution in [0.15, 0.2) is 53.5 Å². The Morgan fingerprint density at radius 1 is 0.935 bits per heavy atom. The number of rotatable bonds is 5. The molecule has 2 N–H and O–H groups in total. The Bertz CT molecular complexity index is 859. The van der Waals surface area contributed by atoms with E-state index in [4.69, 9.17) is 4.99 Å². The summed E-state index contributed by atoms with van der Waals surface area (Å²) in [6, 6.07) is 16.5. The van der Waals surface area contributed by atoms with Gasteiger partial charge in [0.15, 0.2) is 5.96 Å². The Hall–Kier alpha value is -2.54. The van der Waals surface area contributed by atoms with Gasteiger partial charge in [0.05, 0.1) is 12.2 Å². The van der Waals surface area contributed by atoms with Gasteiger partial charge in [-0.3, -0.25) is 0 Å². The molecule has 2 heterocycles. The SMILES string of the molecule is CCNC(=NCc1ccc(N2CCSCC2)cc1)N1CCN(c2ccccc2O)CC1. The number of thioether (sulfide) groups is 1. The number of aliphatic imine (C=N–C) groups is 1. The number of piperazine rings is 1. The van der Waals surface area contributed by atoms with Crippen LogP contribution in [-0.4, -0.2) is 73.3 Å². The van der Waals surface area contributed by atoms with Gasteiger partial charge >= 0.3 is 0 Å². The third-order valence-electron chi connectivity index (χ3n) is 5.86. The van der Waals surface area contributed by atoms with Crippen LogP contribution in [0.25, 0.3) is 0 Å². The number of hydrogen-bond donors (Lipinski definition) is 2. The quantitative estimate of drug-likeness (QED) is 0.551. The van der Waals surface area contributed by atoms with Crippen LogP contribution < -0.4 is 15.1 Å². The van der Waals surface area contributed by atoms with E-state index in [0.29, 0.717) is 12.3 Å². The summed E-state index contributed by atoms with van der Waals surface area (Å²) in [4.78, 5) is 11.9. The molecule has 2 fully saturated rings. The fraction of sp³-hybridized carbons (Fsp3) is 0.458. The highest BCUT2D eigenvalue weighted by Gasteiger charge is 2.21. The Balaban J connectivity index is 1.35. The van der Waals surface area contributed by atoms with Crippen LogP contribution in [0.1, 0.15) is 12.5 Å². The third-order valence-corrected chi connectivity index (χ3v) is 6.80. The van der Waals surface area contributed by atoms with Crippen LogP contribution in [0, 0.1) is 0 Å². The van der Waals surface area contributed by atoms with Crippen LogP contribution in [0.5, 0.6) is 5.75 Å². The first-order valence-electron chi connectivity index (χ1n) is 11.2. The molecule has 2 aromatic carbocycles. The van der Waals surface area contributed by atoms with Gasteiger partial charge in [0.2, 0.25) is 0 Å². The highest BCUT2D eigenvalue weighted by molar-refractivity contribution is 7.99. The van der Waals surface area contributed by atoms with Crippen LogP contribution in [0.3, 0.4) is 0 Å². The lowest BCUT2D eigenvalue weighted by atomic mass is 10.2. The van der Waals surface area contributed by atoms with Crippen LogP contribution in [0.4, 0.5) is 11.4 Å². The molecule has 2 aliphatic rings. The molecule has 6 nitrogen and oxygen atoms in total. The van der Waals surface area contributed by atoms with Crippen molar-refractivity contribution < 1.29 is 5.11 Å². The van der Waals surface area contributed by atoms with Gasteiger partial charge in [0.25, 0.3) is 0 Å². The summed E-state index contributed by atoms with van der Waals surface area (Å²) in [5.74, 6) is 3.75. The second-order valence-corrected chi connectivity index (χ2v) is 9.12. The Morgan fingerprint density at radius 3 is 2.32 bits per heavy atom. The Labute approximate surface area is 189 Å². The minimum atomic E-state index is 0.350. The predicted octanol–water partition coefficient (Wildman–Crippen LogP) is 3.23. The monoisotopic (exact) mass is 439 g/mol. The summed E-state index contributed by atoms with van der Waals surface area (Å²) in [6.07, 6.45) is 0. The van der Waals surface area contributed by atoms with Gasteiger partial charge in [0.1, 0.15) is 5.75 Å². The Kier molecular flexibility index (Phi) is 7.46. The maximum atomic E-state index is 10.1. The van der Waals surface area contributed by atoms with Crippen LogP contribution in [-0.2, 0) is 6.54 Å². The van der Waals surface area contributed by atoms with Crippen molar-refractivity contribution in [1.82, 2.24) is 10.2 Å². The van der Waals surface area contributed by atoms with Crippen LogP contribution >= 0.6 is 11.8 Å². The summed E-state index contributed by atoms with van der Waals surface area (Å²) in [5, 5.41) is 13.6. The lowest BCUT2D eigenvalue weighted by molar-refractivity contribution is 0.369. The molecule has 31 heavy (non-hydrogen) atoms. The van der Waals surface area contributed by atoms with Gasteiger partial charge in [-0.25, -0.2) is 4.99 Å². The molecule has 166 valence electrons. The van der Waals surface area contributed by atoms with Crippen molar-refractivity contribution in [3.8, 4) is 5.75 Å². The molecule has 4 rings (SSSR count). The van der Waals surface area contributed by atoms with Gasteiger partial charge in [-0.1, -0.05) is 24.3 Å². The molecule has 0 saturated carbocycles. The largest absolute Gasteiger partial charge is 0.506 e. The third kappa shape index (κ3) is 5.58. The summed E-state index contributed by atoms with van der Waals surface area (Å²) in [7, 11) is 0. The topological polar surface area (TPSA) is 54.3 Å². The number of aromatic hydroxyl groups is 1. The molecule has 2 aromatic rings. The van der Waals surface area contributed by atoms with Gasteiger partial charge < -0.3 is 25.1 Å². The first-order chi connectivity index (χ1) is 15.2. The number of nitrogens with one attached hydrogen (secondary N) is 1. The van der Waals surface area contributed by atoms with Crippen molar-refractivity contribution >= 4 is 29.1 Å². The maximum absolute atomic E-state index is 10.1. The minimum Gasteiger partial charge on any atom is -0.506 e. The number of phenolic OH excluding ortho intramolecular Hbond substituents is 1. The molecule has 0 aromatic heterocycles. The molecule has 0 aliphatic carbocycles. The van der Waals surface area contributed by atoms with Crippen molar-refractivity contribution in [1.29, 1.82) is 0 Å². The van der Waals surface area contributed by atoms with E-state index in [0.717, 1.165) is 57.5 Å². The summed E-state index contributed by atoms with van der Waals surface area (Å²) in [6.45, 7) is 9.41. The first-order valence-corrected chi connectivity index (χ1v) is 12.4. The van der Waals surface area contributed by atoms with E-state index in [9.17, 15) is 5.11 Å². The summed E-state index contributed by atoms with van der Waals surface area (Å²) in [5.41, 5.74) is 3.47.